The molecule has 0 radical (unpaired) electrons. The van der Waals surface area contributed by atoms with Gasteiger partial charge in [-0.05, 0) is 18.8 Å². The fourth-order valence-electron chi connectivity index (χ4n) is 2.10. The van der Waals surface area contributed by atoms with Crippen molar-refractivity contribution in [1.82, 2.24) is 10.6 Å². The first-order valence-corrected chi connectivity index (χ1v) is 8.09. The van der Waals surface area contributed by atoms with E-state index in [1.165, 1.54) is 19.3 Å². The first kappa shape index (κ1) is 12.7. The first-order valence-electron chi connectivity index (χ1n) is 6.26. The molecule has 0 aromatic carbocycles. The Kier molecular flexibility index (Phi) is 3.91. The van der Waals surface area contributed by atoms with Crippen LogP contribution in [-0.2, 0) is 9.84 Å². The van der Waals surface area contributed by atoms with Gasteiger partial charge >= 0.3 is 0 Å². The molecule has 6 heteroatoms. The lowest BCUT2D eigenvalue weighted by Crippen LogP contribution is -2.44. The molecule has 0 aromatic heterocycles. The van der Waals surface area contributed by atoms with Crippen molar-refractivity contribution in [2.45, 2.75) is 31.7 Å². The van der Waals surface area contributed by atoms with Gasteiger partial charge < -0.3 is 10.6 Å². The third kappa shape index (κ3) is 4.18. The van der Waals surface area contributed by atoms with E-state index in [0.29, 0.717) is 12.2 Å². The van der Waals surface area contributed by atoms with E-state index in [2.05, 4.69) is 15.6 Å². The molecule has 0 aromatic rings. The van der Waals surface area contributed by atoms with Crippen LogP contribution >= 0.6 is 0 Å². The number of aliphatic imine (C=N–C) groups is 1. The highest BCUT2D eigenvalue weighted by atomic mass is 32.2. The zero-order valence-corrected chi connectivity index (χ0v) is 11.1. The Morgan fingerprint density at radius 2 is 2.12 bits per heavy atom. The molecule has 1 saturated heterocycles. The third-order valence-electron chi connectivity index (χ3n) is 3.34. The number of sulfone groups is 1. The molecule has 0 bridgehead atoms. The second kappa shape index (κ2) is 5.25. The van der Waals surface area contributed by atoms with Crippen LogP contribution in [0.4, 0.5) is 0 Å². The largest absolute Gasteiger partial charge is 0.356 e. The minimum Gasteiger partial charge on any atom is -0.356 e. The number of guanidine groups is 1. The van der Waals surface area contributed by atoms with Gasteiger partial charge in [0.2, 0.25) is 0 Å². The van der Waals surface area contributed by atoms with Gasteiger partial charge in [0.25, 0.3) is 0 Å². The van der Waals surface area contributed by atoms with E-state index >= 15 is 0 Å². The van der Waals surface area contributed by atoms with Gasteiger partial charge in [-0.25, -0.2) is 8.42 Å². The Hall–Kier alpha value is -0.780. The molecular weight excluding hydrogens is 238 g/mol. The van der Waals surface area contributed by atoms with Gasteiger partial charge in [-0.3, -0.25) is 4.99 Å². The van der Waals surface area contributed by atoms with Crippen molar-refractivity contribution in [2.75, 3.05) is 25.1 Å². The third-order valence-corrected chi connectivity index (χ3v) is 5.11. The van der Waals surface area contributed by atoms with Gasteiger partial charge in [0.15, 0.2) is 15.8 Å². The van der Waals surface area contributed by atoms with Crippen LogP contribution < -0.4 is 10.6 Å². The van der Waals surface area contributed by atoms with Gasteiger partial charge in [-0.2, -0.15) is 0 Å². The molecule has 1 aliphatic heterocycles. The van der Waals surface area contributed by atoms with Crippen LogP contribution in [0.5, 0.6) is 0 Å². The molecule has 1 atom stereocenters. The molecule has 1 unspecified atom stereocenters. The number of rotatable bonds is 4. The first-order chi connectivity index (χ1) is 8.09. The molecule has 2 fully saturated rings. The summed E-state index contributed by atoms with van der Waals surface area (Å²) in [7, 11) is -1.10. The summed E-state index contributed by atoms with van der Waals surface area (Å²) in [5.41, 5.74) is 0. The lowest BCUT2D eigenvalue weighted by Gasteiger charge is -2.15. The Labute approximate surface area is 103 Å². The van der Waals surface area contributed by atoms with Gasteiger partial charge in [-0.15, -0.1) is 0 Å². The minimum atomic E-state index is -2.82. The van der Waals surface area contributed by atoms with Gasteiger partial charge in [0.05, 0.1) is 11.5 Å². The highest BCUT2D eigenvalue weighted by molar-refractivity contribution is 7.91. The van der Waals surface area contributed by atoms with Crippen molar-refractivity contribution in [3.05, 3.63) is 0 Å². The second-order valence-electron chi connectivity index (χ2n) is 4.98. The van der Waals surface area contributed by atoms with E-state index in [4.69, 9.17) is 0 Å². The van der Waals surface area contributed by atoms with E-state index in [-0.39, 0.29) is 11.8 Å². The molecule has 98 valence electrons. The molecular formula is C11H21N3O2S. The summed E-state index contributed by atoms with van der Waals surface area (Å²) in [6.45, 7) is 0.920. The Balaban J connectivity index is 1.71. The number of hydrogen-bond donors (Lipinski definition) is 2. The summed E-state index contributed by atoms with van der Waals surface area (Å²) >= 11 is 0. The fourth-order valence-corrected chi connectivity index (χ4v) is 3.77. The monoisotopic (exact) mass is 259 g/mol. The van der Waals surface area contributed by atoms with Crippen LogP contribution in [0.1, 0.15) is 25.7 Å². The van der Waals surface area contributed by atoms with Crippen LogP contribution in [-0.4, -0.2) is 45.5 Å². The molecule has 2 N–H and O–H groups in total. The van der Waals surface area contributed by atoms with Crippen molar-refractivity contribution in [3.63, 3.8) is 0 Å². The van der Waals surface area contributed by atoms with Crippen LogP contribution in [0.2, 0.25) is 0 Å². The van der Waals surface area contributed by atoms with Crippen molar-refractivity contribution in [1.29, 1.82) is 0 Å². The average molecular weight is 259 g/mol. The molecule has 5 nitrogen and oxygen atoms in total. The summed E-state index contributed by atoms with van der Waals surface area (Å²) < 4.78 is 22.6. The van der Waals surface area contributed by atoms with Crippen molar-refractivity contribution in [2.24, 2.45) is 10.9 Å². The average Bonchev–Trinajstić information content (AvgIpc) is 3.02. The van der Waals surface area contributed by atoms with E-state index in [9.17, 15) is 8.42 Å². The maximum atomic E-state index is 11.3. The van der Waals surface area contributed by atoms with Crippen LogP contribution in [0.3, 0.4) is 0 Å². The van der Waals surface area contributed by atoms with Crippen molar-refractivity contribution < 1.29 is 8.42 Å². The standard InChI is InChI=1S/C11H21N3O2S/c1-12-11(13-6-4-9-2-3-9)14-10-5-7-17(15,16)8-10/h9-10H,2-8H2,1H3,(H2,12,13,14). The second-order valence-corrected chi connectivity index (χ2v) is 7.20. The molecule has 1 aliphatic carbocycles. The Morgan fingerprint density at radius 1 is 1.35 bits per heavy atom. The molecule has 17 heavy (non-hydrogen) atoms. The predicted octanol–water partition coefficient (Wildman–Crippen LogP) is 0.139. The Bertz CT molecular complexity index is 388. The maximum Gasteiger partial charge on any atom is 0.191 e. The fraction of sp³-hybridized carbons (Fsp3) is 0.909. The summed E-state index contributed by atoms with van der Waals surface area (Å²) in [5, 5.41) is 6.41. The summed E-state index contributed by atoms with van der Waals surface area (Å²) in [6, 6.07) is 0.0205. The summed E-state index contributed by atoms with van der Waals surface area (Å²) in [5.74, 6) is 2.15. The lowest BCUT2D eigenvalue weighted by atomic mass is 10.2. The molecule has 1 heterocycles. The predicted molar refractivity (Wildman–Crippen MR) is 68.9 cm³/mol. The summed E-state index contributed by atoms with van der Waals surface area (Å²) in [4.78, 5) is 4.12. The molecule has 2 rings (SSSR count). The highest BCUT2D eigenvalue weighted by Gasteiger charge is 2.28. The quantitative estimate of drug-likeness (QED) is 0.556. The van der Waals surface area contributed by atoms with E-state index < -0.39 is 9.84 Å². The summed E-state index contributed by atoms with van der Waals surface area (Å²) in [6.07, 6.45) is 4.58. The zero-order valence-electron chi connectivity index (χ0n) is 10.3. The normalized spacial score (nSPS) is 28.1. The van der Waals surface area contributed by atoms with Gasteiger partial charge in [0.1, 0.15) is 0 Å². The molecule has 2 aliphatic rings. The number of nitrogens with zero attached hydrogens (tertiary/aromatic N) is 1. The SMILES string of the molecule is CN=C(NCCC1CC1)NC1CCS(=O)(=O)C1. The highest BCUT2D eigenvalue weighted by Crippen LogP contribution is 2.31. The smallest absolute Gasteiger partial charge is 0.191 e. The van der Waals surface area contributed by atoms with E-state index in [1.807, 2.05) is 0 Å². The van der Waals surface area contributed by atoms with E-state index in [1.54, 1.807) is 7.05 Å². The topological polar surface area (TPSA) is 70.6 Å². The van der Waals surface area contributed by atoms with E-state index in [0.717, 1.165) is 18.4 Å². The lowest BCUT2D eigenvalue weighted by molar-refractivity contribution is 0.599. The van der Waals surface area contributed by atoms with Crippen LogP contribution in [0.25, 0.3) is 0 Å². The number of nitrogens with one attached hydrogen (secondary N) is 2. The van der Waals surface area contributed by atoms with Crippen molar-refractivity contribution >= 4 is 15.8 Å². The molecule has 0 amide bonds. The van der Waals surface area contributed by atoms with Crippen LogP contribution in [0.15, 0.2) is 4.99 Å². The van der Waals surface area contributed by atoms with Gasteiger partial charge in [-0.1, -0.05) is 12.8 Å². The van der Waals surface area contributed by atoms with Gasteiger partial charge in [0, 0.05) is 19.6 Å². The van der Waals surface area contributed by atoms with Crippen LogP contribution in [0, 0.1) is 5.92 Å². The molecule has 0 spiro atoms. The maximum absolute atomic E-state index is 11.3. The minimum absolute atomic E-state index is 0.0205. The molecule has 1 saturated carbocycles. The number of hydrogen-bond acceptors (Lipinski definition) is 3. The van der Waals surface area contributed by atoms with Crippen molar-refractivity contribution in [3.8, 4) is 0 Å². The Morgan fingerprint density at radius 3 is 2.65 bits per heavy atom. The zero-order chi connectivity index (χ0) is 12.3.